The zero-order valence-electron chi connectivity index (χ0n) is 10.5. The molecule has 1 aliphatic rings. The maximum absolute atomic E-state index is 7.58. The predicted octanol–water partition coefficient (Wildman–Crippen LogP) is 1.13. The summed E-state index contributed by atoms with van der Waals surface area (Å²) >= 11 is 2.70. The lowest BCUT2D eigenvalue weighted by Gasteiger charge is -2.15. The van der Waals surface area contributed by atoms with Gasteiger partial charge in [0.25, 0.3) is 0 Å². The lowest BCUT2D eigenvalue weighted by atomic mass is 10.2. The maximum atomic E-state index is 7.58. The van der Waals surface area contributed by atoms with Gasteiger partial charge in [-0.15, -0.1) is 0 Å². The van der Waals surface area contributed by atoms with Crippen molar-refractivity contribution in [2.45, 2.75) is 17.6 Å². The molecule has 0 aromatic heterocycles. The van der Waals surface area contributed by atoms with Crippen molar-refractivity contribution in [1.29, 1.82) is 0 Å². The average molecular weight is 171 g/mol. The molecule has 0 bridgehead atoms. The summed E-state index contributed by atoms with van der Waals surface area (Å²) in [5.74, 6) is 0. The standard InChI is InChI=1S/C5H10BrN/c6-5-1-3-7-4-2-5/h5,7H,1-4H2/i1D,2D2,3D,4D2,5D. The molecule has 0 aliphatic carbocycles. The summed E-state index contributed by atoms with van der Waals surface area (Å²) < 4.78 is 51.9. The van der Waals surface area contributed by atoms with E-state index in [0.29, 0.717) is 0 Å². The number of hydrogen-bond acceptors (Lipinski definition) is 1. The van der Waals surface area contributed by atoms with E-state index < -0.39 is 30.6 Å². The Morgan fingerprint density at radius 3 is 3.71 bits per heavy atom. The number of alkyl halides is 1. The molecule has 0 aromatic rings. The van der Waals surface area contributed by atoms with Crippen molar-refractivity contribution in [2.75, 3.05) is 13.0 Å². The van der Waals surface area contributed by atoms with Gasteiger partial charge in [-0.25, -0.2) is 0 Å². The zero-order chi connectivity index (χ0) is 11.4. The SMILES string of the molecule is [2H]C1NC([2H])([2H])C([2H])([2H])C([2H])(Br)C1[2H]. The van der Waals surface area contributed by atoms with Crippen LogP contribution in [0.25, 0.3) is 0 Å². The molecule has 1 saturated heterocycles. The van der Waals surface area contributed by atoms with Gasteiger partial charge < -0.3 is 5.32 Å². The quantitative estimate of drug-likeness (QED) is 0.539. The van der Waals surface area contributed by atoms with Gasteiger partial charge in [-0.3, -0.25) is 0 Å². The lowest BCUT2D eigenvalue weighted by molar-refractivity contribution is 0.537. The lowest BCUT2D eigenvalue weighted by Crippen LogP contribution is -2.27. The van der Waals surface area contributed by atoms with Crippen molar-refractivity contribution in [3.8, 4) is 0 Å². The third-order valence-corrected chi connectivity index (χ3v) is 1.03. The molecule has 1 heterocycles. The van der Waals surface area contributed by atoms with Gasteiger partial charge >= 0.3 is 0 Å². The summed E-state index contributed by atoms with van der Waals surface area (Å²) in [6.45, 7) is -3.83. The van der Waals surface area contributed by atoms with Gasteiger partial charge in [0, 0.05) is 14.4 Å². The van der Waals surface area contributed by atoms with Crippen molar-refractivity contribution >= 4 is 15.9 Å². The fraction of sp³-hybridized carbons (Fsp3) is 1.00. The van der Waals surface area contributed by atoms with E-state index in [9.17, 15) is 0 Å². The molecule has 7 heavy (non-hydrogen) atoms. The topological polar surface area (TPSA) is 12.0 Å². The van der Waals surface area contributed by atoms with Crippen LogP contribution in [0.3, 0.4) is 0 Å². The van der Waals surface area contributed by atoms with Crippen molar-refractivity contribution in [3.63, 3.8) is 0 Å². The van der Waals surface area contributed by atoms with Gasteiger partial charge in [-0.2, -0.15) is 0 Å². The number of rotatable bonds is 0. The zero-order valence-corrected chi connectivity index (χ0v) is 5.12. The van der Waals surface area contributed by atoms with Crippen LogP contribution >= 0.6 is 15.9 Å². The molecule has 0 aromatic carbocycles. The minimum Gasteiger partial charge on any atom is -0.317 e. The molecular weight excluding hydrogens is 154 g/mol. The molecule has 0 radical (unpaired) electrons. The Labute approximate surface area is 62.4 Å². The highest BCUT2D eigenvalue weighted by Gasteiger charge is 2.06. The molecule has 1 aliphatic heterocycles. The fourth-order valence-electron chi connectivity index (χ4n) is 0.294. The first-order valence-corrected chi connectivity index (χ1v) is 2.64. The largest absolute Gasteiger partial charge is 0.317 e. The summed E-state index contributed by atoms with van der Waals surface area (Å²) in [7, 11) is 0. The monoisotopic (exact) mass is 170 g/mol. The Morgan fingerprint density at radius 1 is 2.00 bits per heavy atom. The highest BCUT2D eigenvalue weighted by atomic mass is 79.9. The Kier molecular flexibility index (Phi) is 0.566. The molecule has 0 saturated carbocycles. The van der Waals surface area contributed by atoms with Crippen LogP contribution in [0.4, 0.5) is 0 Å². The second-order valence-corrected chi connectivity index (χ2v) is 1.93. The Hall–Kier alpha value is 0.440. The van der Waals surface area contributed by atoms with Crippen molar-refractivity contribution in [1.82, 2.24) is 5.32 Å². The first kappa shape index (κ1) is 1.48. The highest BCUT2D eigenvalue weighted by Crippen LogP contribution is 2.10. The van der Waals surface area contributed by atoms with Crippen LogP contribution in [0.5, 0.6) is 0 Å². The third-order valence-electron chi connectivity index (χ3n) is 0.567. The van der Waals surface area contributed by atoms with E-state index in [4.69, 9.17) is 9.60 Å². The van der Waals surface area contributed by atoms with Gasteiger partial charge in [0.1, 0.15) is 0 Å². The van der Waals surface area contributed by atoms with Crippen LogP contribution in [0, 0.1) is 0 Å². The van der Waals surface area contributed by atoms with Crippen molar-refractivity contribution in [2.24, 2.45) is 0 Å². The van der Waals surface area contributed by atoms with E-state index >= 15 is 0 Å². The molecule has 1 N–H and O–H groups in total. The maximum Gasteiger partial charge on any atom is 0.0428 e. The smallest absolute Gasteiger partial charge is 0.0428 e. The summed E-state index contributed by atoms with van der Waals surface area (Å²) in [5, 5.41) is 2.04. The first-order valence-electron chi connectivity index (χ1n) is 5.50. The molecule has 3 unspecified atom stereocenters. The van der Waals surface area contributed by atoms with Crippen LogP contribution in [0.1, 0.15) is 22.4 Å². The van der Waals surface area contributed by atoms with E-state index in [-0.39, 0.29) is 0 Å². The second-order valence-electron chi connectivity index (χ2n) is 1.08. The summed E-state index contributed by atoms with van der Waals surface area (Å²) in [5.41, 5.74) is 0. The van der Waals surface area contributed by atoms with Gasteiger partial charge in [0.2, 0.25) is 0 Å². The summed E-state index contributed by atoms with van der Waals surface area (Å²) in [6.07, 6.45) is -3.98. The van der Waals surface area contributed by atoms with Crippen LogP contribution in [0.15, 0.2) is 0 Å². The number of hydrogen-bond donors (Lipinski definition) is 1. The molecule has 42 valence electrons. The average Bonchev–Trinajstić information content (AvgIpc) is 1.99. The second kappa shape index (κ2) is 2.68. The van der Waals surface area contributed by atoms with E-state index in [1.807, 2.05) is 5.32 Å². The minimum atomic E-state index is -2.58. The molecule has 0 spiro atoms. The molecule has 1 fully saturated rings. The van der Waals surface area contributed by atoms with Gasteiger partial charge in [0.05, 0.1) is 0 Å². The summed E-state index contributed by atoms with van der Waals surface area (Å²) in [6, 6.07) is 0. The molecule has 1 rings (SSSR count). The Bertz CT molecular complexity index is 242. The van der Waals surface area contributed by atoms with E-state index in [1.165, 1.54) is 0 Å². The van der Waals surface area contributed by atoms with E-state index in [0.717, 1.165) is 0 Å². The minimum absolute atomic E-state index is 1.33. The fourth-order valence-corrected chi connectivity index (χ4v) is 0.525. The Morgan fingerprint density at radius 2 is 2.86 bits per heavy atom. The number of halogens is 1. The van der Waals surface area contributed by atoms with E-state index in [2.05, 4.69) is 15.9 Å². The highest BCUT2D eigenvalue weighted by molar-refractivity contribution is 9.09. The van der Waals surface area contributed by atoms with Crippen molar-refractivity contribution < 1.29 is 9.60 Å². The summed E-state index contributed by atoms with van der Waals surface area (Å²) in [4.78, 5) is -2.12. The van der Waals surface area contributed by atoms with Gasteiger partial charge in [-0.05, 0) is 25.8 Å². The normalized spacial score (nSPS) is 93.6. The molecule has 2 heteroatoms. The Balaban J connectivity index is 3.15. The van der Waals surface area contributed by atoms with Crippen LogP contribution in [0.2, 0.25) is 0 Å². The van der Waals surface area contributed by atoms with Gasteiger partial charge in [-0.1, -0.05) is 15.9 Å². The van der Waals surface area contributed by atoms with Crippen LogP contribution < -0.4 is 5.32 Å². The van der Waals surface area contributed by atoms with Crippen LogP contribution in [-0.4, -0.2) is 17.8 Å². The third kappa shape index (κ3) is 1.78. The molecule has 1 nitrogen and oxygen atoms in total. The van der Waals surface area contributed by atoms with Gasteiger partial charge in [0.15, 0.2) is 0 Å². The molecular formula is C5H10BrN. The number of piperidine rings is 1. The van der Waals surface area contributed by atoms with Crippen molar-refractivity contribution in [3.05, 3.63) is 0 Å². The molecule has 0 amide bonds. The van der Waals surface area contributed by atoms with E-state index in [1.54, 1.807) is 0 Å². The first-order chi connectivity index (χ1) is 6.04. The van der Waals surface area contributed by atoms with Crippen LogP contribution in [-0.2, 0) is 0 Å². The molecule has 3 atom stereocenters. The number of nitrogens with one attached hydrogen (secondary N) is 1. The predicted molar refractivity (Wildman–Crippen MR) is 34.8 cm³/mol.